The number of benzene rings is 2. The summed E-state index contributed by atoms with van der Waals surface area (Å²) in [6, 6.07) is 11.1. The Balaban J connectivity index is 0.000000230. The predicted octanol–water partition coefficient (Wildman–Crippen LogP) is 6.34. The molecule has 0 aliphatic carbocycles. The minimum absolute atomic E-state index is 0.141. The molecule has 0 unspecified atom stereocenters. The summed E-state index contributed by atoms with van der Waals surface area (Å²) in [5, 5.41) is 2.62. The van der Waals surface area contributed by atoms with Gasteiger partial charge in [-0.25, -0.2) is 14.4 Å². The number of fused-ring (bicyclic) bond motifs is 2. The van der Waals surface area contributed by atoms with Gasteiger partial charge in [-0.3, -0.25) is 15.1 Å². The number of carbonyl (C=O) groups is 3. The highest BCUT2D eigenvalue weighted by Crippen LogP contribution is 2.33. The summed E-state index contributed by atoms with van der Waals surface area (Å²) >= 11 is 5.47. The molecule has 0 atom stereocenters. The third-order valence-electron chi connectivity index (χ3n) is 5.77. The number of nitrogens with two attached hydrogens (primary N) is 1. The molecule has 2 heterocycles. The normalized spacial score (nSPS) is 14.0. The van der Waals surface area contributed by atoms with Crippen LogP contribution in [0.4, 0.5) is 37.1 Å². The second kappa shape index (κ2) is 12.7. The fourth-order valence-corrected chi connectivity index (χ4v) is 4.23. The molecular weight excluding hydrogens is 536 g/mol. The Kier molecular flexibility index (Phi) is 9.78. The Morgan fingerprint density at radius 3 is 1.85 bits per heavy atom. The third kappa shape index (κ3) is 8.67. The van der Waals surface area contributed by atoms with Crippen LogP contribution in [0, 0.1) is 0 Å². The maximum absolute atomic E-state index is 12.3. The molecule has 2 aliphatic heterocycles. The molecular formula is C29H39ClN4O6. The van der Waals surface area contributed by atoms with E-state index in [9.17, 15) is 14.4 Å². The van der Waals surface area contributed by atoms with Crippen molar-refractivity contribution in [2.24, 2.45) is 0 Å². The largest absolute Gasteiger partial charge is 0.448 e. The molecule has 10 nitrogen and oxygen atoms in total. The van der Waals surface area contributed by atoms with Gasteiger partial charge in [-0.2, -0.15) is 0 Å². The van der Waals surface area contributed by atoms with Gasteiger partial charge < -0.3 is 19.9 Å². The minimum atomic E-state index is -0.576. The van der Waals surface area contributed by atoms with Crippen molar-refractivity contribution in [1.82, 2.24) is 0 Å². The molecule has 2 aromatic rings. The zero-order chi connectivity index (χ0) is 29.7. The van der Waals surface area contributed by atoms with Crippen LogP contribution in [0.15, 0.2) is 36.4 Å². The first-order valence-corrected chi connectivity index (χ1v) is 13.7. The molecule has 0 bridgehead atoms. The number of hydrogen-bond donors (Lipinski definition) is 2. The summed E-state index contributed by atoms with van der Waals surface area (Å²) in [5.74, 6) is 0.240. The Morgan fingerprint density at radius 2 is 1.35 bits per heavy atom. The Morgan fingerprint density at radius 1 is 0.850 bits per heavy atom. The smallest absolute Gasteiger partial charge is 0.414 e. The van der Waals surface area contributed by atoms with Crippen molar-refractivity contribution in [2.45, 2.75) is 65.6 Å². The fourth-order valence-electron chi connectivity index (χ4n) is 4.15. The number of halogens is 1. The molecule has 0 fully saturated rings. The Labute approximate surface area is 240 Å². The van der Waals surface area contributed by atoms with Gasteiger partial charge in [-0.1, -0.05) is 12.1 Å². The van der Waals surface area contributed by atoms with Crippen molar-refractivity contribution in [2.75, 3.05) is 46.4 Å². The summed E-state index contributed by atoms with van der Waals surface area (Å²) < 4.78 is 15.6. The van der Waals surface area contributed by atoms with E-state index in [1.54, 1.807) is 21.9 Å². The lowest BCUT2D eigenvalue weighted by Crippen LogP contribution is -2.35. The number of hydrogen-bond acceptors (Lipinski definition) is 7. The highest BCUT2D eigenvalue weighted by Gasteiger charge is 2.30. The lowest BCUT2D eigenvalue weighted by molar-refractivity contribution is 0.0573. The Hall–Kier alpha value is -3.66. The van der Waals surface area contributed by atoms with E-state index in [0.29, 0.717) is 24.5 Å². The van der Waals surface area contributed by atoms with Crippen molar-refractivity contribution >= 4 is 52.6 Å². The first-order valence-electron chi connectivity index (χ1n) is 13.2. The topological polar surface area (TPSA) is 123 Å². The van der Waals surface area contributed by atoms with Crippen molar-refractivity contribution in [3.05, 3.63) is 47.5 Å². The van der Waals surface area contributed by atoms with Crippen LogP contribution in [0.2, 0.25) is 0 Å². The molecule has 3 amide bonds. The van der Waals surface area contributed by atoms with Crippen LogP contribution in [0.25, 0.3) is 0 Å². The SMILES string of the molecule is CC(C)(C)OC(=O)N1CCc2ccc(N)cc21.CC(C)(C)OC(=O)N1CCc2ccc(NC(=O)OCCCl)cc21. The quantitative estimate of drug-likeness (QED) is 0.249. The van der Waals surface area contributed by atoms with Crippen LogP contribution in [-0.4, -0.2) is 55.1 Å². The van der Waals surface area contributed by atoms with E-state index in [2.05, 4.69) is 5.32 Å². The van der Waals surface area contributed by atoms with Gasteiger partial charge in [0.1, 0.15) is 17.8 Å². The van der Waals surface area contributed by atoms with E-state index in [1.807, 2.05) is 65.8 Å². The number of anilines is 4. The second-order valence-corrected chi connectivity index (χ2v) is 11.8. The molecule has 0 spiro atoms. The van der Waals surface area contributed by atoms with Gasteiger partial charge in [0, 0.05) is 24.5 Å². The number of amides is 3. The minimum Gasteiger partial charge on any atom is -0.448 e. The van der Waals surface area contributed by atoms with Crippen LogP contribution in [-0.2, 0) is 27.1 Å². The average molecular weight is 575 g/mol. The van der Waals surface area contributed by atoms with E-state index in [1.165, 1.54) is 0 Å². The number of alkyl halides is 1. The maximum Gasteiger partial charge on any atom is 0.414 e. The van der Waals surface area contributed by atoms with Gasteiger partial charge in [0.15, 0.2) is 0 Å². The van der Waals surface area contributed by atoms with Crippen molar-refractivity contribution in [1.29, 1.82) is 0 Å². The zero-order valence-electron chi connectivity index (χ0n) is 24.0. The summed E-state index contributed by atoms with van der Waals surface area (Å²) in [4.78, 5) is 39.1. The monoisotopic (exact) mass is 574 g/mol. The Bertz CT molecular complexity index is 1240. The number of nitrogens with one attached hydrogen (secondary N) is 1. The molecule has 0 radical (unpaired) electrons. The fraction of sp³-hybridized carbons (Fsp3) is 0.483. The lowest BCUT2D eigenvalue weighted by atomic mass is 10.1. The number of rotatable bonds is 3. The highest BCUT2D eigenvalue weighted by molar-refractivity contribution is 6.18. The van der Waals surface area contributed by atoms with Crippen molar-refractivity contribution in [3.63, 3.8) is 0 Å². The molecule has 2 aromatic carbocycles. The van der Waals surface area contributed by atoms with Crippen LogP contribution < -0.4 is 20.9 Å². The standard InChI is InChI=1S/C16H21ClN2O4.C13H18N2O2/c1-16(2,3)23-15(21)19-8-6-11-4-5-12(10-13(11)19)18-14(20)22-9-7-17;1-13(2,3)17-12(16)15-7-6-9-4-5-10(14)8-11(9)15/h4-5,10H,6-9H2,1-3H3,(H,18,20);4-5,8H,6-7,14H2,1-3H3. The first kappa shape index (κ1) is 30.9. The van der Waals surface area contributed by atoms with Gasteiger partial charge in [0.05, 0.1) is 17.3 Å². The van der Waals surface area contributed by atoms with Gasteiger partial charge in [0.25, 0.3) is 0 Å². The maximum atomic E-state index is 12.3. The number of nitrogens with zero attached hydrogens (tertiary/aromatic N) is 2. The van der Waals surface area contributed by atoms with Gasteiger partial charge >= 0.3 is 18.3 Å². The molecule has 3 N–H and O–H groups in total. The van der Waals surface area contributed by atoms with E-state index in [0.717, 1.165) is 35.3 Å². The van der Waals surface area contributed by atoms with Crippen LogP contribution in [0.3, 0.4) is 0 Å². The summed E-state index contributed by atoms with van der Waals surface area (Å²) in [7, 11) is 0. The van der Waals surface area contributed by atoms with Gasteiger partial charge in [0.2, 0.25) is 0 Å². The molecule has 0 aromatic heterocycles. The summed E-state index contributed by atoms with van der Waals surface area (Å²) in [6.07, 6.45) is 0.341. The average Bonchev–Trinajstić information content (AvgIpc) is 3.45. The van der Waals surface area contributed by atoms with Gasteiger partial charge in [-0.05, 0) is 89.8 Å². The van der Waals surface area contributed by atoms with Crippen LogP contribution >= 0.6 is 11.6 Å². The number of nitrogen functional groups attached to an aromatic ring is 1. The molecule has 0 saturated heterocycles. The van der Waals surface area contributed by atoms with Crippen molar-refractivity contribution in [3.8, 4) is 0 Å². The van der Waals surface area contributed by atoms with Crippen LogP contribution in [0.1, 0.15) is 52.7 Å². The van der Waals surface area contributed by atoms with E-state index in [-0.39, 0.29) is 18.6 Å². The lowest BCUT2D eigenvalue weighted by Gasteiger charge is -2.25. The number of carbonyl (C=O) groups excluding carboxylic acids is 3. The molecule has 218 valence electrons. The molecule has 40 heavy (non-hydrogen) atoms. The van der Waals surface area contributed by atoms with E-state index in [4.69, 9.17) is 31.5 Å². The predicted molar refractivity (Wildman–Crippen MR) is 158 cm³/mol. The van der Waals surface area contributed by atoms with E-state index >= 15 is 0 Å². The number of ether oxygens (including phenoxy) is 3. The van der Waals surface area contributed by atoms with Crippen molar-refractivity contribution < 1.29 is 28.6 Å². The summed E-state index contributed by atoms with van der Waals surface area (Å²) in [5.41, 5.74) is 9.74. The molecule has 2 aliphatic rings. The third-order valence-corrected chi connectivity index (χ3v) is 5.92. The summed E-state index contributed by atoms with van der Waals surface area (Å²) in [6.45, 7) is 12.4. The van der Waals surface area contributed by atoms with Crippen LogP contribution in [0.5, 0.6) is 0 Å². The van der Waals surface area contributed by atoms with E-state index < -0.39 is 23.4 Å². The first-order chi connectivity index (χ1) is 18.7. The second-order valence-electron chi connectivity index (χ2n) is 11.4. The molecule has 0 saturated carbocycles. The zero-order valence-corrected chi connectivity index (χ0v) is 24.8. The molecule has 11 heteroatoms. The highest BCUT2D eigenvalue weighted by atomic mass is 35.5. The van der Waals surface area contributed by atoms with Gasteiger partial charge in [-0.15, -0.1) is 11.6 Å². The molecule has 4 rings (SSSR count).